The lowest BCUT2D eigenvalue weighted by molar-refractivity contribution is -0.0602. The molecule has 4 bridgehead atoms. The van der Waals surface area contributed by atoms with Crippen LogP contribution in [0.25, 0.3) is 0 Å². The summed E-state index contributed by atoms with van der Waals surface area (Å²) in [5, 5.41) is 3.38. The van der Waals surface area contributed by atoms with Gasteiger partial charge in [0.15, 0.2) is 0 Å². The van der Waals surface area contributed by atoms with Crippen LogP contribution in [-0.4, -0.2) is 18.6 Å². The van der Waals surface area contributed by atoms with Gasteiger partial charge < -0.3 is 5.32 Å². The summed E-state index contributed by atoms with van der Waals surface area (Å²) >= 11 is 0. The van der Waals surface area contributed by atoms with Gasteiger partial charge in [-0.25, -0.2) is 0 Å². The third-order valence-corrected chi connectivity index (χ3v) is 7.64. The summed E-state index contributed by atoms with van der Waals surface area (Å²) in [6.07, 6.45) is 20.2. The van der Waals surface area contributed by atoms with E-state index in [1.807, 2.05) is 12.4 Å². The van der Waals surface area contributed by atoms with Crippen LogP contribution in [0.3, 0.4) is 0 Å². The van der Waals surface area contributed by atoms with Gasteiger partial charge in [0.1, 0.15) is 0 Å². The van der Waals surface area contributed by atoms with Gasteiger partial charge in [-0.05, 0) is 131 Å². The topological polar surface area (TPSA) is 24.9 Å². The van der Waals surface area contributed by atoms with E-state index in [-0.39, 0.29) is 0 Å². The highest BCUT2D eigenvalue weighted by molar-refractivity contribution is 5.09. The zero-order valence-electron chi connectivity index (χ0n) is 16.1. The standard InChI is InChI=1S/C23H36N2/c1-24-9-5-18(2-3-19-6-10-25-11-7-19)4-8-23-15-20-12-21(16-23)14-22(13-20)17-23/h6-7,10-11,18,20-22,24H,2-5,8-9,12-17H2,1H3. The second-order valence-corrected chi connectivity index (χ2v) is 9.61. The van der Waals surface area contributed by atoms with E-state index < -0.39 is 0 Å². The molecular formula is C23H36N2. The Hall–Kier alpha value is -0.890. The van der Waals surface area contributed by atoms with E-state index in [2.05, 4.69) is 29.5 Å². The molecule has 4 saturated carbocycles. The van der Waals surface area contributed by atoms with Crippen LogP contribution in [0.1, 0.15) is 69.8 Å². The van der Waals surface area contributed by atoms with Crippen molar-refractivity contribution in [2.24, 2.45) is 29.1 Å². The number of rotatable bonds is 9. The average Bonchev–Trinajstić information content (AvgIpc) is 2.61. The molecular weight excluding hydrogens is 304 g/mol. The fourth-order valence-electron chi connectivity index (χ4n) is 6.81. The Morgan fingerprint density at radius 1 is 1.00 bits per heavy atom. The summed E-state index contributed by atoms with van der Waals surface area (Å²) in [4.78, 5) is 4.15. The molecule has 138 valence electrons. The predicted molar refractivity (Wildman–Crippen MR) is 104 cm³/mol. The van der Waals surface area contributed by atoms with E-state index in [9.17, 15) is 0 Å². The summed E-state index contributed by atoms with van der Waals surface area (Å²) in [6, 6.07) is 4.38. The van der Waals surface area contributed by atoms with E-state index in [4.69, 9.17) is 0 Å². The smallest absolute Gasteiger partial charge is 0.0270 e. The number of nitrogens with zero attached hydrogens (tertiary/aromatic N) is 1. The Balaban J connectivity index is 1.32. The molecule has 2 heteroatoms. The highest BCUT2D eigenvalue weighted by Gasteiger charge is 2.50. The molecule has 25 heavy (non-hydrogen) atoms. The normalized spacial score (nSPS) is 34.4. The first kappa shape index (κ1) is 17.5. The van der Waals surface area contributed by atoms with Gasteiger partial charge in [-0.2, -0.15) is 0 Å². The first-order chi connectivity index (χ1) is 12.2. The number of hydrogen-bond donors (Lipinski definition) is 1. The molecule has 1 unspecified atom stereocenters. The van der Waals surface area contributed by atoms with Gasteiger partial charge in [0.25, 0.3) is 0 Å². The van der Waals surface area contributed by atoms with Crippen molar-refractivity contribution in [2.75, 3.05) is 13.6 Å². The van der Waals surface area contributed by atoms with Gasteiger partial charge in [0.2, 0.25) is 0 Å². The molecule has 5 rings (SSSR count). The molecule has 4 aliphatic carbocycles. The molecule has 1 aromatic rings. The van der Waals surface area contributed by atoms with Gasteiger partial charge in [-0.15, -0.1) is 0 Å². The van der Waals surface area contributed by atoms with Crippen LogP contribution < -0.4 is 5.32 Å². The van der Waals surface area contributed by atoms with Crippen LogP contribution in [0.4, 0.5) is 0 Å². The van der Waals surface area contributed by atoms with Gasteiger partial charge >= 0.3 is 0 Å². The van der Waals surface area contributed by atoms with Crippen molar-refractivity contribution in [2.45, 2.75) is 70.6 Å². The Morgan fingerprint density at radius 3 is 2.24 bits per heavy atom. The number of pyridine rings is 1. The van der Waals surface area contributed by atoms with Gasteiger partial charge in [0, 0.05) is 12.4 Å². The summed E-state index contributed by atoms with van der Waals surface area (Å²) in [7, 11) is 2.10. The molecule has 0 aliphatic heterocycles. The van der Waals surface area contributed by atoms with Crippen LogP contribution in [0.2, 0.25) is 0 Å². The predicted octanol–water partition coefficient (Wildman–Crippen LogP) is 5.24. The minimum atomic E-state index is 0.753. The third kappa shape index (κ3) is 4.27. The van der Waals surface area contributed by atoms with Crippen molar-refractivity contribution in [3.8, 4) is 0 Å². The van der Waals surface area contributed by atoms with E-state index in [0.29, 0.717) is 0 Å². The van der Waals surface area contributed by atoms with Crippen molar-refractivity contribution in [3.63, 3.8) is 0 Å². The van der Waals surface area contributed by atoms with Crippen molar-refractivity contribution in [1.82, 2.24) is 10.3 Å². The first-order valence-electron chi connectivity index (χ1n) is 10.8. The number of hydrogen-bond acceptors (Lipinski definition) is 2. The molecule has 0 spiro atoms. The van der Waals surface area contributed by atoms with Gasteiger partial charge in [-0.3, -0.25) is 4.98 Å². The summed E-state index contributed by atoms with van der Waals surface area (Å²) in [5.41, 5.74) is 2.21. The fraction of sp³-hybridized carbons (Fsp3) is 0.783. The lowest BCUT2D eigenvalue weighted by Gasteiger charge is -2.57. The minimum Gasteiger partial charge on any atom is -0.320 e. The number of nitrogens with one attached hydrogen (secondary N) is 1. The summed E-state index contributed by atoms with van der Waals surface area (Å²) in [5.74, 6) is 4.17. The van der Waals surface area contributed by atoms with Crippen LogP contribution in [0.15, 0.2) is 24.5 Å². The minimum absolute atomic E-state index is 0.753. The highest BCUT2D eigenvalue weighted by Crippen LogP contribution is 2.61. The lowest BCUT2D eigenvalue weighted by atomic mass is 9.48. The second-order valence-electron chi connectivity index (χ2n) is 9.61. The molecule has 2 nitrogen and oxygen atoms in total. The fourth-order valence-corrected chi connectivity index (χ4v) is 6.81. The zero-order chi connectivity index (χ0) is 17.1. The zero-order valence-corrected chi connectivity index (χ0v) is 16.1. The molecule has 0 amide bonds. The Kier molecular flexibility index (Phi) is 5.45. The molecule has 1 atom stereocenters. The van der Waals surface area contributed by atoms with Crippen molar-refractivity contribution < 1.29 is 0 Å². The van der Waals surface area contributed by atoms with E-state index in [0.717, 1.165) is 29.1 Å². The molecule has 4 fully saturated rings. The van der Waals surface area contributed by atoms with Crippen LogP contribution >= 0.6 is 0 Å². The monoisotopic (exact) mass is 340 g/mol. The quantitative estimate of drug-likeness (QED) is 0.665. The first-order valence-corrected chi connectivity index (χ1v) is 10.8. The largest absolute Gasteiger partial charge is 0.320 e. The van der Waals surface area contributed by atoms with Crippen LogP contribution in [0.5, 0.6) is 0 Å². The molecule has 4 aliphatic rings. The second kappa shape index (κ2) is 7.78. The van der Waals surface area contributed by atoms with Crippen molar-refractivity contribution in [1.29, 1.82) is 0 Å². The molecule has 0 aromatic carbocycles. The van der Waals surface area contributed by atoms with Crippen LogP contribution in [0, 0.1) is 29.1 Å². The lowest BCUT2D eigenvalue weighted by Crippen LogP contribution is -2.46. The number of aryl methyl sites for hydroxylation is 1. The molecule has 1 heterocycles. The average molecular weight is 341 g/mol. The maximum atomic E-state index is 4.15. The van der Waals surface area contributed by atoms with Gasteiger partial charge in [0.05, 0.1) is 0 Å². The maximum absolute atomic E-state index is 4.15. The third-order valence-electron chi connectivity index (χ3n) is 7.64. The number of aromatic nitrogens is 1. The highest BCUT2D eigenvalue weighted by atomic mass is 14.8. The van der Waals surface area contributed by atoms with Gasteiger partial charge in [-0.1, -0.05) is 0 Å². The van der Waals surface area contributed by atoms with Crippen molar-refractivity contribution >= 4 is 0 Å². The van der Waals surface area contributed by atoms with Crippen molar-refractivity contribution in [3.05, 3.63) is 30.1 Å². The SMILES string of the molecule is CNCCC(CCc1ccncc1)CCC12CC3CC(CC(C3)C1)C2. The maximum Gasteiger partial charge on any atom is 0.0270 e. The summed E-state index contributed by atoms with van der Waals surface area (Å²) in [6.45, 7) is 1.17. The summed E-state index contributed by atoms with van der Waals surface area (Å²) < 4.78 is 0. The van der Waals surface area contributed by atoms with E-state index in [1.165, 1.54) is 44.2 Å². The Bertz CT molecular complexity index is 503. The van der Waals surface area contributed by atoms with E-state index in [1.54, 1.807) is 38.5 Å². The molecule has 1 N–H and O–H groups in total. The van der Waals surface area contributed by atoms with Crippen LogP contribution in [-0.2, 0) is 6.42 Å². The molecule has 0 radical (unpaired) electrons. The molecule has 1 aromatic heterocycles. The van der Waals surface area contributed by atoms with E-state index >= 15 is 0 Å². The Morgan fingerprint density at radius 2 is 1.64 bits per heavy atom. The molecule has 0 saturated heterocycles. The Labute approximate surface area is 154 Å².